The van der Waals surface area contributed by atoms with Crippen molar-refractivity contribution in [3.8, 4) is 5.75 Å². The van der Waals surface area contributed by atoms with Gasteiger partial charge < -0.3 is 14.5 Å². The first-order valence-corrected chi connectivity index (χ1v) is 7.24. The standard InChI is InChI=1S/C18H15NO4/c1-2-22-16-6-4-3-5-14(16)18(21)19-13-8-9-15-12(11-13)7-10-17(20)23-15/h3-11H,2H2,1H3,(H,19,21). The predicted molar refractivity (Wildman–Crippen MR) is 88.0 cm³/mol. The van der Waals surface area contributed by atoms with Crippen molar-refractivity contribution in [2.24, 2.45) is 0 Å². The number of para-hydroxylation sites is 1. The third-order valence-corrected chi connectivity index (χ3v) is 3.31. The summed E-state index contributed by atoms with van der Waals surface area (Å²) < 4.78 is 10.5. The van der Waals surface area contributed by atoms with E-state index in [0.717, 1.165) is 5.39 Å². The minimum absolute atomic E-state index is 0.259. The van der Waals surface area contributed by atoms with E-state index in [2.05, 4.69) is 5.32 Å². The van der Waals surface area contributed by atoms with E-state index in [-0.39, 0.29) is 5.91 Å². The SMILES string of the molecule is CCOc1ccccc1C(=O)Nc1ccc2oc(=O)ccc2c1. The van der Waals surface area contributed by atoms with Gasteiger partial charge in [0.05, 0.1) is 12.2 Å². The second-order valence-corrected chi connectivity index (χ2v) is 4.89. The zero-order valence-corrected chi connectivity index (χ0v) is 12.5. The Morgan fingerprint density at radius 3 is 2.78 bits per heavy atom. The quantitative estimate of drug-likeness (QED) is 0.750. The van der Waals surface area contributed by atoms with Crippen LogP contribution >= 0.6 is 0 Å². The van der Waals surface area contributed by atoms with Crippen molar-refractivity contribution in [2.75, 3.05) is 11.9 Å². The van der Waals surface area contributed by atoms with E-state index in [9.17, 15) is 9.59 Å². The zero-order valence-electron chi connectivity index (χ0n) is 12.5. The molecule has 23 heavy (non-hydrogen) atoms. The second kappa shape index (κ2) is 6.36. The van der Waals surface area contributed by atoms with E-state index in [1.165, 1.54) is 6.07 Å². The van der Waals surface area contributed by atoms with Crippen LogP contribution < -0.4 is 15.7 Å². The molecule has 116 valence electrons. The first-order chi connectivity index (χ1) is 11.2. The van der Waals surface area contributed by atoms with Gasteiger partial charge in [0.1, 0.15) is 11.3 Å². The molecule has 0 fully saturated rings. The van der Waals surface area contributed by atoms with E-state index in [0.29, 0.717) is 29.2 Å². The zero-order chi connectivity index (χ0) is 16.2. The van der Waals surface area contributed by atoms with Crippen LogP contribution in [0.15, 0.2) is 63.8 Å². The first-order valence-electron chi connectivity index (χ1n) is 7.24. The summed E-state index contributed by atoms with van der Waals surface area (Å²) in [5, 5.41) is 3.56. The Balaban J connectivity index is 1.88. The Hall–Kier alpha value is -3.08. The van der Waals surface area contributed by atoms with Crippen molar-refractivity contribution in [3.05, 3.63) is 70.6 Å². The van der Waals surface area contributed by atoms with E-state index in [1.54, 1.807) is 42.5 Å². The van der Waals surface area contributed by atoms with E-state index in [1.807, 2.05) is 13.0 Å². The van der Waals surface area contributed by atoms with Gasteiger partial charge in [0, 0.05) is 17.1 Å². The normalized spacial score (nSPS) is 10.5. The topological polar surface area (TPSA) is 68.5 Å². The molecule has 3 aromatic rings. The highest BCUT2D eigenvalue weighted by atomic mass is 16.5. The van der Waals surface area contributed by atoms with Gasteiger partial charge in [-0.3, -0.25) is 4.79 Å². The summed E-state index contributed by atoms with van der Waals surface area (Å²) in [7, 11) is 0. The molecule has 5 heteroatoms. The summed E-state index contributed by atoms with van der Waals surface area (Å²) in [5.74, 6) is 0.282. The molecule has 0 aliphatic rings. The van der Waals surface area contributed by atoms with Crippen molar-refractivity contribution >= 4 is 22.6 Å². The molecular formula is C18H15NO4. The summed E-state index contributed by atoms with van der Waals surface area (Å²) in [6.45, 7) is 2.35. The molecule has 1 heterocycles. The third kappa shape index (κ3) is 3.23. The highest BCUT2D eigenvalue weighted by Crippen LogP contribution is 2.22. The molecule has 0 aliphatic heterocycles. The van der Waals surface area contributed by atoms with Gasteiger partial charge in [-0.25, -0.2) is 4.79 Å². The predicted octanol–water partition coefficient (Wildman–Crippen LogP) is 3.44. The fourth-order valence-corrected chi connectivity index (χ4v) is 2.28. The maximum Gasteiger partial charge on any atom is 0.336 e. The number of hydrogen-bond donors (Lipinski definition) is 1. The van der Waals surface area contributed by atoms with Crippen molar-refractivity contribution in [2.45, 2.75) is 6.92 Å². The summed E-state index contributed by atoms with van der Waals surface area (Å²) in [6, 6.07) is 15.2. The molecule has 3 rings (SSSR count). The summed E-state index contributed by atoms with van der Waals surface area (Å²) in [4.78, 5) is 23.6. The number of fused-ring (bicyclic) bond motifs is 1. The van der Waals surface area contributed by atoms with Gasteiger partial charge in [0.25, 0.3) is 5.91 Å². The number of benzene rings is 2. The Bertz CT molecular complexity index is 914. The third-order valence-electron chi connectivity index (χ3n) is 3.31. The number of rotatable bonds is 4. The molecule has 2 aromatic carbocycles. The molecule has 0 bridgehead atoms. The molecule has 1 amide bonds. The molecule has 0 unspecified atom stereocenters. The molecule has 0 aliphatic carbocycles. The maximum atomic E-state index is 12.4. The number of anilines is 1. The van der Waals surface area contributed by atoms with Crippen LogP contribution in [0.2, 0.25) is 0 Å². The summed E-state index contributed by atoms with van der Waals surface area (Å²) in [5.41, 5.74) is 1.15. The van der Waals surface area contributed by atoms with Crippen LogP contribution in [0.25, 0.3) is 11.0 Å². The average molecular weight is 309 g/mol. The summed E-state index contributed by atoms with van der Waals surface area (Å²) in [6.07, 6.45) is 0. The van der Waals surface area contributed by atoms with Crippen LogP contribution in [0.5, 0.6) is 5.75 Å². The van der Waals surface area contributed by atoms with Gasteiger partial charge in [0.2, 0.25) is 0 Å². The molecule has 0 atom stereocenters. The van der Waals surface area contributed by atoms with Gasteiger partial charge >= 0.3 is 5.63 Å². The molecule has 5 nitrogen and oxygen atoms in total. The summed E-state index contributed by atoms with van der Waals surface area (Å²) >= 11 is 0. The van der Waals surface area contributed by atoms with Crippen LogP contribution in [0.4, 0.5) is 5.69 Å². The van der Waals surface area contributed by atoms with Gasteiger partial charge in [-0.1, -0.05) is 12.1 Å². The van der Waals surface area contributed by atoms with E-state index < -0.39 is 5.63 Å². The number of carbonyl (C=O) groups excluding carboxylic acids is 1. The molecule has 0 radical (unpaired) electrons. The molecule has 0 saturated heterocycles. The van der Waals surface area contributed by atoms with Crippen LogP contribution in [-0.2, 0) is 0 Å². The number of ether oxygens (including phenoxy) is 1. The number of amides is 1. The average Bonchev–Trinajstić information content (AvgIpc) is 2.56. The number of hydrogen-bond acceptors (Lipinski definition) is 4. The van der Waals surface area contributed by atoms with Crippen LogP contribution in [0, 0.1) is 0 Å². The number of nitrogens with one attached hydrogen (secondary N) is 1. The van der Waals surface area contributed by atoms with Crippen molar-refractivity contribution in [1.29, 1.82) is 0 Å². The lowest BCUT2D eigenvalue weighted by atomic mass is 10.1. The van der Waals surface area contributed by atoms with Gasteiger partial charge in [-0.2, -0.15) is 0 Å². The lowest BCUT2D eigenvalue weighted by Gasteiger charge is -2.10. The van der Waals surface area contributed by atoms with Gasteiger partial charge in [-0.05, 0) is 43.3 Å². The van der Waals surface area contributed by atoms with Crippen LogP contribution in [-0.4, -0.2) is 12.5 Å². The lowest BCUT2D eigenvalue weighted by Crippen LogP contribution is -2.13. The first kappa shape index (κ1) is 14.8. The van der Waals surface area contributed by atoms with Crippen molar-refractivity contribution in [3.63, 3.8) is 0 Å². The second-order valence-electron chi connectivity index (χ2n) is 4.89. The van der Waals surface area contributed by atoms with E-state index >= 15 is 0 Å². The van der Waals surface area contributed by atoms with Crippen LogP contribution in [0.1, 0.15) is 17.3 Å². The lowest BCUT2D eigenvalue weighted by molar-refractivity contribution is 0.102. The van der Waals surface area contributed by atoms with E-state index in [4.69, 9.17) is 9.15 Å². The van der Waals surface area contributed by atoms with Crippen molar-refractivity contribution < 1.29 is 13.9 Å². The number of carbonyl (C=O) groups is 1. The molecule has 1 N–H and O–H groups in total. The highest BCUT2D eigenvalue weighted by molar-refractivity contribution is 6.06. The molecule has 0 saturated carbocycles. The fourth-order valence-electron chi connectivity index (χ4n) is 2.28. The Kier molecular flexibility index (Phi) is 4.10. The monoisotopic (exact) mass is 309 g/mol. The smallest absolute Gasteiger partial charge is 0.336 e. The van der Waals surface area contributed by atoms with Crippen LogP contribution in [0.3, 0.4) is 0 Å². The van der Waals surface area contributed by atoms with Gasteiger partial charge in [-0.15, -0.1) is 0 Å². The Morgan fingerprint density at radius 1 is 1.13 bits per heavy atom. The molecule has 1 aromatic heterocycles. The van der Waals surface area contributed by atoms with Crippen molar-refractivity contribution in [1.82, 2.24) is 0 Å². The molecule has 0 spiro atoms. The van der Waals surface area contributed by atoms with Gasteiger partial charge in [0.15, 0.2) is 0 Å². The Morgan fingerprint density at radius 2 is 1.96 bits per heavy atom. The largest absolute Gasteiger partial charge is 0.493 e. The minimum Gasteiger partial charge on any atom is -0.493 e. The maximum absolute atomic E-state index is 12.4. The molecular weight excluding hydrogens is 294 g/mol. The Labute approximate surface area is 132 Å². The highest BCUT2D eigenvalue weighted by Gasteiger charge is 2.12. The fraction of sp³-hybridized carbons (Fsp3) is 0.111. The minimum atomic E-state index is -0.403.